The minimum absolute atomic E-state index is 0.00356. The Morgan fingerprint density at radius 3 is 2.20 bits per heavy atom. The van der Waals surface area contributed by atoms with Gasteiger partial charge in [-0.15, -0.1) is 0 Å². The summed E-state index contributed by atoms with van der Waals surface area (Å²) in [5.74, 6) is 0.564. The van der Waals surface area contributed by atoms with Crippen molar-refractivity contribution in [2.24, 2.45) is 16.7 Å². The predicted molar refractivity (Wildman–Crippen MR) is 63.6 cm³/mol. The molecular weight excluding hydrogens is 184 g/mol. The Morgan fingerprint density at radius 1 is 1.13 bits per heavy atom. The lowest BCUT2D eigenvalue weighted by molar-refractivity contribution is -0.186. The maximum Gasteiger partial charge on any atom is 0.0766 e. The lowest BCUT2D eigenvalue weighted by Crippen LogP contribution is -2.64. The van der Waals surface area contributed by atoms with Gasteiger partial charge in [0, 0.05) is 10.8 Å². The summed E-state index contributed by atoms with van der Waals surface area (Å²) in [7, 11) is 0. The molecule has 0 saturated heterocycles. The number of aliphatic hydroxyl groups is 1. The molecule has 0 heterocycles. The minimum Gasteiger partial charge on any atom is -0.389 e. The van der Waals surface area contributed by atoms with Crippen LogP contribution in [0.5, 0.6) is 0 Å². The zero-order valence-corrected chi connectivity index (χ0v) is 10.9. The van der Waals surface area contributed by atoms with Crippen LogP contribution in [0.1, 0.15) is 54.4 Å². The molecule has 3 atom stereocenters. The summed E-state index contributed by atoms with van der Waals surface area (Å²) < 4.78 is 0. The van der Waals surface area contributed by atoms with Gasteiger partial charge in [0.25, 0.3) is 0 Å². The Hall–Kier alpha value is -0.300. The van der Waals surface area contributed by atoms with Gasteiger partial charge in [0.2, 0.25) is 0 Å². The van der Waals surface area contributed by atoms with Crippen LogP contribution in [0.2, 0.25) is 0 Å². The molecular formula is C14H24O. The van der Waals surface area contributed by atoms with E-state index in [1.165, 1.54) is 17.6 Å². The SMILES string of the molecule is CC1=C(C)C2(C)CCC1C(C)(C)C2(C)O. The van der Waals surface area contributed by atoms with Crippen molar-refractivity contribution in [1.29, 1.82) is 0 Å². The molecule has 1 N–H and O–H groups in total. The molecule has 0 aromatic carbocycles. The van der Waals surface area contributed by atoms with Gasteiger partial charge in [-0.2, -0.15) is 0 Å². The van der Waals surface area contributed by atoms with Gasteiger partial charge >= 0.3 is 0 Å². The van der Waals surface area contributed by atoms with Gasteiger partial charge in [0.1, 0.15) is 0 Å². The molecule has 0 amide bonds. The molecule has 1 heteroatoms. The summed E-state index contributed by atoms with van der Waals surface area (Å²) in [6, 6.07) is 0. The highest BCUT2D eigenvalue weighted by molar-refractivity contribution is 5.36. The Balaban J connectivity index is 2.68. The average molecular weight is 208 g/mol. The van der Waals surface area contributed by atoms with Crippen LogP contribution in [-0.2, 0) is 0 Å². The second-order valence-corrected chi connectivity index (χ2v) is 6.53. The molecule has 1 fully saturated rings. The van der Waals surface area contributed by atoms with E-state index in [-0.39, 0.29) is 10.8 Å². The van der Waals surface area contributed by atoms with Crippen LogP contribution in [-0.4, -0.2) is 10.7 Å². The lowest BCUT2D eigenvalue weighted by atomic mass is 9.43. The highest BCUT2D eigenvalue weighted by Gasteiger charge is 2.63. The van der Waals surface area contributed by atoms with E-state index in [4.69, 9.17) is 0 Å². The fourth-order valence-corrected chi connectivity index (χ4v) is 4.09. The van der Waals surface area contributed by atoms with Gasteiger partial charge in [-0.25, -0.2) is 0 Å². The van der Waals surface area contributed by atoms with E-state index >= 15 is 0 Å². The van der Waals surface area contributed by atoms with Gasteiger partial charge in [0.05, 0.1) is 5.60 Å². The van der Waals surface area contributed by atoms with Crippen LogP contribution < -0.4 is 0 Å². The summed E-state index contributed by atoms with van der Waals surface area (Å²) in [6.45, 7) is 13.2. The zero-order chi connectivity index (χ0) is 11.6. The number of allylic oxidation sites excluding steroid dienone is 1. The van der Waals surface area contributed by atoms with Crippen LogP contribution in [0, 0.1) is 16.7 Å². The highest BCUT2D eigenvalue weighted by atomic mass is 16.3. The molecule has 0 aromatic heterocycles. The van der Waals surface area contributed by atoms with Crippen molar-refractivity contribution < 1.29 is 5.11 Å². The number of hydrogen-bond acceptors (Lipinski definition) is 1. The molecule has 1 nitrogen and oxygen atoms in total. The van der Waals surface area contributed by atoms with Gasteiger partial charge < -0.3 is 5.11 Å². The molecule has 3 rings (SSSR count). The van der Waals surface area contributed by atoms with E-state index in [0.29, 0.717) is 5.92 Å². The molecule has 15 heavy (non-hydrogen) atoms. The Labute approximate surface area is 93.6 Å². The lowest BCUT2D eigenvalue weighted by Gasteiger charge is -2.64. The molecule has 3 unspecified atom stereocenters. The first kappa shape index (κ1) is 11.2. The summed E-state index contributed by atoms with van der Waals surface area (Å²) in [5.41, 5.74) is 2.37. The van der Waals surface area contributed by atoms with E-state index < -0.39 is 5.60 Å². The molecule has 0 aromatic rings. The van der Waals surface area contributed by atoms with Gasteiger partial charge in [-0.3, -0.25) is 0 Å². The van der Waals surface area contributed by atoms with E-state index in [1.807, 2.05) is 6.92 Å². The monoisotopic (exact) mass is 208 g/mol. The quantitative estimate of drug-likeness (QED) is 0.604. The largest absolute Gasteiger partial charge is 0.389 e. The zero-order valence-electron chi connectivity index (χ0n) is 10.9. The Kier molecular flexibility index (Phi) is 2.00. The molecule has 1 saturated carbocycles. The molecule has 0 spiro atoms. The Morgan fingerprint density at radius 2 is 1.67 bits per heavy atom. The summed E-state index contributed by atoms with van der Waals surface area (Å²) in [5, 5.41) is 10.9. The molecule has 3 aliphatic rings. The second kappa shape index (κ2) is 2.68. The maximum atomic E-state index is 10.9. The minimum atomic E-state index is -0.577. The molecule has 3 aliphatic carbocycles. The standard InChI is InChI=1S/C14H24O/c1-9-10(2)13(5)8-7-11(9)12(3,4)14(13,6)15/h11,15H,7-8H2,1-6H3. The van der Waals surface area contributed by atoms with Crippen LogP contribution in [0.4, 0.5) is 0 Å². The number of rotatable bonds is 0. The third-order valence-corrected chi connectivity index (χ3v) is 6.08. The van der Waals surface area contributed by atoms with Crippen molar-refractivity contribution in [2.75, 3.05) is 0 Å². The fraction of sp³-hybridized carbons (Fsp3) is 0.857. The molecule has 0 aliphatic heterocycles. The van der Waals surface area contributed by atoms with Crippen LogP contribution >= 0.6 is 0 Å². The van der Waals surface area contributed by atoms with Crippen LogP contribution in [0.25, 0.3) is 0 Å². The summed E-state index contributed by atoms with van der Waals surface area (Å²) in [4.78, 5) is 0. The van der Waals surface area contributed by atoms with Gasteiger partial charge in [-0.05, 0) is 39.5 Å². The smallest absolute Gasteiger partial charge is 0.0766 e. The van der Waals surface area contributed by atoms with E-state index in [0.717, 1.165) is 6.42 Å². The first-order valence-corrected chi connectivity index (χ1v) is 6.06. The van der Waals surface area contributed by atoms with E-state index in [2.05, 4.69) is 34.6 Å². The van der Waals surface area contributed by atoms with Crippen LogP contribution in [0.15, 0.2) is 11.1 Å². The molecule has 86 valence electrons. The van der Waals surface area contributed by atoms with Gasteiger partial charge in [-0.1, -0.05) is 31.9 Å². The van der Waals surface area contributed by atoms with Crippen molar-refractivity contribution in [2.45, 2.75) is 60.0 Å². The number of fused-ring (bicyclic) bond motifs is 2. The summed E-state index contributed by atoms with van der Waals surface area (Å²) >= 11 is 0. The van der Waals surface area contributed by atoms with E-state index in [1.54, 1.807) is 0 Å². The van der Waals surface area contributed by atoms with Crippen molar-refractivity contribution in [1.82, 2.24) is 0 Å². The van der Waals surface area contributed by atoms with Gasteiger partial charge in [0.15, 0.2) is 0 Å². The fourth-order valence-electron chi connectivity index (χ4n) is 4.09. The Bertz CT molecular complexity index is 335. The van der Waals surface area contributed by atoms with Crippen molar-refractivity contribution in [3.8, 4) is 0 Å². The summed E-state index contributed by atoms with van der Waals surface area (Å²) in [6.07, 6.45) is 2.38. The molecule has 2 bridgehead atoms. The van der Waals surface area contributed by atoms with E-state index in [9.17, 15) is 5.11 Å². The average Bonchev–Trinajstić information content (AvgIpc) is 2.11. The third kappa shape index (κ3) is 0.982. The first-order valence-electron chi connectivity index (χ1n) is 6.06. The number of hydrogen-bond donors (Lipinski definition) is 1. The third-order valence-electron chi connectivity index (χ3n) is 6.08. The highest BCUT2D eigenvalue weighted by Crippen LogP contribution is 2.65. The van der Waals surface area contributed by atoms with Crippen molar-refractivity contribution >= 4 is 0 Å². The van der Waals surface area contributed by atoms with Crippen molar-refractivity contribution in [3.63, 3.8) is 0 Å². The van der Waals surface area contributed by atoms with Crippen molar-refractivity contribution in [3.05, 3.63) is 11.1 Å². The molecule has 0 radical (unpaired) electrons. The normalized spacial score (nSPS) is 48.6. The maximum absolute atomic E-state index is 10.9. The predicted octanol–water partition coefficient (Wildman–Crippen LogP) is 3.53. The second-order valence-electron chi connectivity index (χ2n) is 6.53. The van der Waals surface area contributed by atoms with Crippen LogP contribution in [0.3, 0.4) is 0 Å². The topological polar surface area (TPSA) is 20.2 Å². The first-order chi connectivity index (χ1) is 6.66.